The summed E-state index contributed by atoms with van der Waals surface area (Å²) in [6.45, 7) is 4.34. The number of aliphatic hydroxyl groups excluding tert-OH is 1. The lowest BCUT2D eigenvalue weighted by Crippen LogP contribution is -2.60. The smallest absolute Gasteiger partial charge is 0.326 e. The highest BCUT2D eigenvalue weighted by Crippen LogP contribution is 2.06. The second-order valence-electron chi connectivity index (χ2n) is 7.97. The van der Waals surface area contributed by atoms with Crippen LogP contribution in [0.5, 0.6) is 0 Å². The Balaban J connectivity index is 5.46. The van der Waals surface area contributed by atoms with Gasteiger partial charge in [0.05, 0.1) is 12.1 Å². The van der Waals surface area contributed by atoms with Crippen LogP contribution in [0.15, 0.2) is 0 Å². The van der Waals surface area contributed by atoms with Crippen LogP contribution in [-0.2, 0) is 28.8 Å². The zero-order valence-electron chi connectivity index (χ0n) is 18.9. The maximum atomic E-state index is 12.7. The van der Waals surface area contributed by atoms with Gasteiger partial charge in [0.1, 0.15) is 18.1 Å². The summed E-state index contributed by atoms with van der Waals surface area (Å²) in [6.07, 6.45) is -2.24. The van der Waals surface area contributed by atoms with Gasteiger partial charge in [-0.3, -0.25) is 24.0 Å². The molecule has 0 aliphatic rings. The van der Waals surface area contributed by atoms with E-state index < -0.39 is 71.7 Å². The number of carbonyl (C=O) groups excluding carboxylic acids is 5. The molecule has 0 spiro atoms. The average molecular weight is 475 g/mol. The monoisotopic (exact) mass is 474 g/mol. The number of hydrogen-bond acceptors (Lipinski definition) is 8. The molecule has 33 heavy (non-hydrogen) atoms. The Labute approximate surface area is 191 Å². The van der Waals surface area contributed by atoms with Crippen molar-refractivity contribution in [3.8, 4) is 0 Å². The van der Waals surface area contributed by atoms with E-state index in [-0.39, 0.29) is 25.7 Å². The highest BCUT2D eigenvalue weighted by atomic mass is 16.4. The van der Waals surface area contributed by atoms with Crippen LogP contribution in [0.2, 0.25) is 0 Å². The van der Waals surface area contributed by atoms with E-state index >= 15 is 0 Å². The second kappa shape index (κ2) is 14.0. The van der Waals surface area contributed by atoms with Crippen molar-refractivity contribution >= 4 is 35.5 Å². The third kappa shape index (κ3) is 11.2. The van der Waals surface area contributed by atoms with Gasteiger partial charge in [0, 0.05) is 12.8 Å². The van der Waals surface area contributed by atoms with Crippen LogP contribution in [0.25, 0.3) is 0 Å². The first-order valence-corrected chi connectivity index (χ1v) is 10.3. The van der Waals surface area contributed by atoms with Gasteiger partial charge < -0.3 is 43.4 Å². The predicted octanol–water partition coefficient (Wildman–Crippen LogP) is -3.58. The maximum absolute atomic E-state index is 12.7. The number of carboxylic acid groups (broad SMARTS) is 1. The van der Waals surface area contributed by atoms with E-state index in [1.807, 2.05) is 0 Å². The molecule has 0 fully saturated rings. The van der Waals surface area contributed by atoms with Crippen LogP contribution in [-0.4, -0.2) is 76.0 Å². The Bertz CT molecular complexity index is 742. The molecular weight excluding hydrogens is 440 g/mol. The minimum atomic E-state index is -1.54. The number of carboxylic acids is 1. The number of primary amides is 2. The van der Waals surface area contributed by atoms with Gasteiger partial charge in [-0.1, -0.05) is 13.8 Å². The quantitative estimate of drug-likeness (QED) is 0.116. The third-order valence-corrected chi connectivity index (χ3v) is 4.64. The molecule has 14 heteroatoms. The lowest BCUT2D eigenvalue weighted by Gasteiger charge is -2.27. The lowest BCUT2D eigenvalue weighted by molar-refractivity contribution is -0.143. The molecule has 0 rings (SSSR count). The summed E-state index contributed by atoms with van der Waals surface area (Å²) in [6, 6.07) is -5.38. The number of aliphatic hydroxyl groups is 1. The summed E-state index contributed by atoms with van der Waals surface area (Å²) in [5.41, 5.74) is 15.8. The van der Waals surface area contributed by atoms with Crippen molar-refractivity contribution in [3.63, 3.8) is 0 Å². The normalized spacial score (nSPS) is 15.5. The van der Waals surface area contributed by atoms with Crippen molar-refractivity contribution in [2.75, 3.05) is 0 Å². The Morgan fingerprint density at radius 1 is 0.758 bits per heavy atom. The van der Waals surface area contributed by atoms with E-state index in [1.54, 1.807) is 13.8 Å². The third-order valence-electron chi connectivity index (χ3n) is 4.64. The minimum Gasteiger partial charge on any atom is -0.480 e. The molecule has 0 saturated heterocycles. The Kier molecular flexibility index (Phi) is 12.6. The van der Waals surface area contributed by atoms with E-state index in [2.05, 4.69) is 16.0 Å². The number of nitrogens with two attached hydrogens (primary N) is 3. The van der Waals surface area contributed by atoms with E-state index in [4.69, 9.17) is 17.2 Å². The molecule has 188 valence electrons. The minimum absolute atomic E-state index is 0.0925. The van der Waals surface area contributed by atoms with Gasteiger partial charge >= 0.3 is 5.97 Å². The fourth-order valence-corrected chi connectivity index (χ4v) is 2.68. The molecule has 5 atom stereocenters. The molecule has 11 N–H and O–H groups in total. The largest absolute Gasteiger partial charge is 0.480 e. The van der Waals surface area contributed by atoms with Crippen LogP contribution >= 0.6 is 0 Å². The molecular formula is C19H34N6O8. The van der Waals surface area contributed by atoms with Gasteiger partial charge in [-0.05, 0) is 25.7 Å². The predicted molar refractivity (Wildman–Crippen MR) is 115 cm³/mol. The fraction of sp³-hybridized carbons (Fsp3) is 0.684. The molecule has 0 heterocycles. The van der Waals surface area contributed by atoms with E-state index in [9.17, 15) is 39.0 Å². The molecule has 0 radical (unpaired) electrons. The number of nitrogens with one attached hydrogen (secondary N) is 3. The molecule has 0 aliphatic heterocycles. The summed E-state index contributed by atoms with van der Waals surface area (Å²) in [7, 11) is 0. The Morgan fingerprint density at radius 2 is 1.24 bits per heavy atom. The summed E-state index contributed by atoms with van der Waals surface area (Å²) in [5, 5.41) is 26.0. The Morgan fingerprint density at radius 3 is 1.67 bits per heavy atom. The van der Waals surface area contributed by atoms with E-state index in [0.29, 0.717) is 0 Å². The molecule has 5 unspecified atom stereocenters. The maximum Gasteiger partial charge on any atom is 0.326 e. The number of carbonyl (C=O) groups is 6. The van der Waals surface area contributed by atoms with Crippen molar-refractivity contribution in [1.82, 2.24) is 16.0 Å². The molecule has 0 aromatic carbocycles. The second-order valence-corrected chi connectivity index (χ2v) is 7.97. The molecule has 0 aromatic rings. The van der Waals surface area contributed by atoms with Crippen molar-refractivity contribution < 1.29 is 39.0 Å². The number of hydrogen-bond donors (Lipinski definition) is 8. The average Bonchev–Trinajstić information content (AvgIpc) is 2.69. The molecule has 5 amide bonds. The van der Waals surface area contributed by atoms with Crippen molar-refractivity contribution in [1.29, 1.82) is 0 Å². The van der Waals surface area contributed by atoms with E-state index in [0.717, 1.165) is 0 Å². The number of aliphatic carboxylic acids is 1. The van der Waals surface area contributed by atoms with Gasteiger partial charge in [-0.15, -0.1) is 0 Å². The SMILES string of the molecule is CC(C)C(NC(=O)C(CCC(N)=O)NC(=O)C(NC(=O)C(N)CCC(N)=O)C(C)O)C(=O)O. The first-order chi connectivity index (χ1) is 15.2. The zero-order chi connectivity index (χ0) is 25.9. The van der Waals surface area contributed by atoms with Crippen molar-refractivity contribution in [3.05, 3.63) is 0 Å². The molecule has 0 aliphatic carbocycles. The van der Waals surface area contributed by atoms with Gasteiger partial charge in [0.25, 0.3) is 0 Å². The van der Waals surface area contributed by atoms with Gasteiger partial charge in [0.2, 0.25) is 29.5 Å². The number of amides is 5. The molecule has 0 bridgehead atoms. The lowest BCUT2D eigenvalue weighted by atomic mass is 10.0. The first-order valence-electron chi connectivity index (χ1n) is 10.3. The summed E-state index contributed by atoms with van der Waals surface area (Å²) in [5.74, 6) is -5.93. The Hall–Kier alpha value is -3.26. The van der Waals surface area contributed by atoms with Gasteiger partial charge in [0.15, 0.2) is 0 Å². The van der Waals surface area contributed by atoms with Gasteiger partial charge in [-0.25, -0.2) is 4.79 Å². The highest BCUT2D eigenvalue weighted by Gasteiger charge is 2.33. The van der Waals surface area contributed by atoms with Crippen LogP contribution in [0, 0.1) is 5.92 Å². The first kappa shape index (κ1) is 29.7. The highest BCUT2D eigenvalue weighted by molar-refractivity contribution is 5.94. The van der Waals surface area contributed by atoms with Crippen LogP contribution in [0.1, 0.15) is 46.5 Å². The summed E-state index contributed by atoms with van der Waals surface area (Å²) >= 11 is 0. The molecule has 0 saturated carbocycles. The van der Waals surface area contributed by atoms with Crippen LogP contribution < -0.4 is 33.2 Å². The van der Waals surface area contributed by atoms with Crippen LogP contribution in [0.3, 0.4) is 0 Å². The fourth-order valence-electron chi connectivity index (χ4n) is 2.68. The van der Waals surface area contributed by atoms with Crippen molar-refractivity contribution in [2.45, 2.75) is 76.7 Å². The van der Waals surface area contributed by atoms with Crippen LogP contribution in [0.4, 0.5) is 0 Å². The summed E-state index contributed by atoms with van der Waals surface area (Å²) < 4.78 is 0. The van der Waals surface area contributed by atoms with Gasteiger partial charge in [-0.2, -0.15) is 0 Å². The molecule has 0 aromatic heterocycles. The van der Waals surface area contributed by atoms with E-state index in [1.165, 1.54) is 6.92 Å². The standard InChI is InChI=1S/C19H34N6O8/c1-8(2)14(19(32)33)24-17(30)11(5-7-13(22)28)23-18(31)15(9(3)26)25-16(29)10(20)4-6-12(21)27/h8-11,14-15,26H,4-7,20H2,1-3H3,(H2,21,27)(H2,22,28)(H,23,31)(H,24,30)(H,25,29)(H,32,33). The van der Waals surface area contributed by atoms with Crippen molar-refractivity contribution in [2.24, 2.45) is 23.1 Å². The zero-order valence-corrected chi connectivity index (χ0v) is 18.9. The topological polar surface area (TPSA) is 257 Å². The molecule has 14 nitrogen and oxygen atoms in total. The summed E-state index contributed by atoms with van der Waals surface area (Å²) in [4.78, 5) is 70.9. The number of rotatable bonds is 15.